The average molecular weight is 279 g/mol. The number of aliphatic imine (C=N–C) groups is 1. The highest BCUT2D eigenvalue weighted by molar-refractivity contribution is 7.11. The van der Waals surface area contributed by atoms with E-state index in [0.29, 0.717) is 18.2 Å². The van der Waals surface area contributed by atoms with Crippen molar-refractivity contribution in [2.24, 2.45) is 4.99 Å². The Kier molecular flexibility index (Phi) is 3.75. The molecule has 0 aromatic carbocycles. The summed E-state index contributed by atoms with van der Waals surface area (Å²) in [5.41, 5.74) is 0. The minimum absolute atomic E-state index is 0.382. The van der Waals surface area contributed by atoms with Gasteiger partial charge in [0, 0.05) is 16.8 Å². The highest BCUT2D eigenvalue weighted by Gasteiger charge is 2.41. The molecule has 2 aliphatic heterocycles. The van der Waals surface area contributed by atoms with E-state index in [1.165, 1.54) is 22.6 Å². The lowest BCUT2D eigenvalue weighted by molar-refractivity contribution is 0.0992. The summed E-state index contributed by atoms with van der Waals surface area (Å²) in [7, 11) is 1.82. The second-order valence-corrected chi connectivity index (χ2v) is 6.67. The van der Waals surface area contributed by atoms with E-state index >= 15 is 0 Å². The van der Waals surface area contributed by atoms with E-state index < -0.39 is 0 Å². The Labute approximate surface area is 118 Å². The Morgan fingerprint density at radius 1 is 1.47 bits per heavy atom. The van der Waals surface area contributed by atoms with Crippen LogP contribution < -0.4 is 10.6 Å². The van der Waals surface area contributed by atoms with Gasteiger partial charge in [-0.2, -0.15) is 0 Å². The molecule has 0 amide bonds. The molecule has 2 aliphatic rings. The first-order valence-corrected chi connectivity index (χ1v) is 7.74. The number of hydrogen-bond donors (Lipinski definition) is 2. The summed E-state index contributed by atoms with van der Waals surface area (Å²) < 4.78 is 5.85. The van der Waals surface area contributed by atoms with Crippen molar-refractivity contribution in [3.8, 4) is 0 Å². The normalized spacial score (nSPS) is 29.8. The first-order valence-electron chi connectivity index (χ1n) is 6.92. The Morgan fingerprint density at radius 2 is 2.37 bits per heavy atom. The van der Waals surface area contributed by atoms with Crippen molar-refractivity contribution in [2.75, 3.05) is 7.05 Å². The monoisotopic (exact) mass is 279 g/mol. The molecule has 1 aromatic rings. The molecule has 0 saturated carbocycles. The quantitative estimate of drug-likeness (QED) is 0.657. The van der Waals surface area contributed by atoms with Crippen LogP contribution in [0.25, 0.3) is 0 Å². The molecule has 0 spiro atoms. The van der Waals surface area contributed by atoms with Crippen LogP contribution in [0.4, 0.5) is 0 Å². The lowest BCUT2D eigenvalue weighted by atomic mass is 9.96. The van der Waals surface area contributed by atoms with Crippen LogP contribution >= 0.6 is 11.3 Å². The van der Waals surface area contributed by atoms with Gasteiger partial charge in [0.15, 0.2) is 5.96 Å². The first kappa shape index (κ1) is 12.9. The lowest BCUT2D eigenvalue weighted by Crippen LogP contribution is -2.47. The third kappa shape index (κ3) is 2.92. The molecule has 3 unspecified atom stereocenters. The van der Waals surface area contributed by atoms with Gasteiger partial charge in [0.1, 0.15) is 0 Å². The van der Waals surface area contributed by atoms with Crippen LogP contribution in [0.3, 0.4) is 0 Å². The Bertz CT molecular complexity index is 471. The molecule has 1 aromatic heterocycles. The van der Waals surface area contributed by atoms with E-state index in [-0.39, 0.29) is 0 Å². The van der Waals surface area contributed by atoms with E-state index in [1.54, 1.807) is 0 Å². The molecule has 2 fully saturated rings. The highest BCUT2D eigenvalue weighted by Crippen LogP contribution is 2.34. The molecule has 2 bridgehead atoms. The molecule has 5 heteroatoms. The Hall–Kier alpha value is -1.07. The zero-order valence-corrected chi connectivity index (χ0v) is 12.3. The fraction of sp³-hybridized carbons (Fsp3) is 0.643. The molecule has 3 atom stereocenters. The molecule has 19 heavy (non-hydrogen) atoms. The van der Waals surface area contributed by atoms with Gasteiger partial charge in [-0.05, 0) is 38.3 Å². The van der Waals surface area contributed by atoms with Gasteiger partial charge in [-0.15, -0.1) is 11.3 Å². The summed E-state index contributed by atoms with van der Waals surface area (Å²) in [4.78, 5) is 6.99. The predicted molar refractivity (Wildman–Crippen MR) is 78.7 cm³/mol. The molecule has 2 saturated heterocycles. The number of nitrogens with one attached hydrogen (secondary N) is 2. The largest absolute Gasteiger partial charge is 0.373 e. The zero-order chi connectivity index (χ0) is 13.2. The molecule has 3 heterocycles. The van der Waals surface area contributed by atoms with Crippen molar-refractivity contribution in [1.82, 2.24) is 10.6 Å². The highest BCUT2D eigenvalue weighted by atomic mass is 32.1. The van der Waals surface area contributed by atoms with Crippen LogP contribution in [-0.4, -0.2) is 31.3 Å². The summed E-state index contributed by atoms with van der Waals surface area (Å²) in [5.74, 6) is 0.882. The molecule has 3 rings (SSSR count). The smallest absolute Gasteiger partial charge is 0.191 e. The number of aryl methyl sites for hydroxylation is 1. The summed E-state index contributed by atoms with van der Waals surface area (Å²) in [5, 5.41) is 6.87. The summed E-state index contributed by atoms with van der Waals surface area (Å²) in [6.07, 6.45) is 4.38. The maximum atomic E-state index is 5.85. The lowest BCUT2D eigenvalue weighted by Gasteiger charge is -2.22. The second-order valence-electron chi connectivity index (χ2n) is 5.30. The third-order valence-electron chi connectivity index (χ3n) is 3.88. The number of nitrogens with zero attached hydrogens (tertiary/aromatic N) is 1. The van der Waals surface area contributed by atoms with E-state index in [9.17, 15) is 0 Å². The van der Waals surface area contributed by atoms with E-state index in [2.05, 4.69) is 34.7 Å². The van der Waals surface area contributed by atoms with Crippen LogP contribution in [0.2, 0.25) is 0 Å². The van der Waals surface area contributed by atoms with Crippen LogP contribution in [-0.2, 0) is 11.3 Å². The molecule has 104 valence electrons. The standard InChI is InChI=1S/C14H21N3OS/c1-9-3-5-11(19-9)8-16-14(15-2)17-12-7-10-4-6-13(12)18-10/h3,5,10,12-13H,4,6-8H2,1-2H3,(H2,15,16,17). The maximum Gasteiger partial charge on any atom is 0.191 e. The van der Waals surface area contributed by atoms with Crippen LogP contribution in [0, 0.1) is 6.92 Å². The first-order chi connectivity index (χ1) is 9.24. The van der Waals surface area contributed by atoms with Gasteiger partial charge in [-0.3, -0.25) is 4.99 Å². The van der Waals surface area contributed by atoms with Crippen LogP contribution in [0.5, 0.6) is 0 Å². The minimum Gasteiger partial charge on any atom is -0.373 e. The number of hydrogen-bond acceptors (Lipinski definition) is 3. The van der Waals surface area contributed by atoms with Gasteiger partial charge in [-0.1, -0.05) is 0 Å². The number of guanidine groups is 1. The van der Waals surface area contributed by atoms with E-state index in [0.717, 1.165) is 18.9 Å². The van der Waals surface area contributed by atoms with Crippen molar-refractivity contribution >= 4 is 17.3 Å². The van der Waals surface area contributed by atoms with Gasteiger partial charge in [0.2, 0.25) is 0 Å². The van der Waals surface area contributed by atoms with Crippen molar-refractivity contribution in [2.45, 2.75) is 51.0 Å². The summed E-state index contributed by atoms with van der Waals surface area (Å²) >= 11 is 1.83. The zero-order valence-electron chi connectivity index (χ0n) is 11.5. The molecular formula is C14H21N3OS. The van der Waals surface area contributed by atoms with Crippen LogP contribution in [0.1, 0.15) is 29.0 Å². The molecule has 0 aliphatic carbocycles. The van der Waals surface area contributed by atoms with Gasteiger partial charge < -0.3 is 15.4 Å². The van der Waals surface area contributed by atoms with Gasteiger partial charge in [0.05, 0.1) is 24.8 Å². The summed E-state index contributed by atoms with van der Waals surface area (Å²) in [6.45, 7) is 2.97. The SMILES string of the molecule is CN=C(NCc1ccc(C)s1)NC1CC2CCC1O2. The molecule has 2 N–H and O–H groups in total. The van der Waals surface area contributed by atoms with Gasteiger partial charge >= 0.3 is 0 Å². The van der Waals surface area contributed by atoms with Gasteiger partial charge in [-0.25, -0.2) is 0 Å². The number of ether oxygens (including phenoxy) is 1. The third-order valence-corrected chi connectivity index (χ3v) is 4.88. The molecule has 4 nitrogen and oxygen atoms in total. The van der Waals surface area contributed by atoms with Gasteiger partial charge in [0.25, 0.3) is 0 Å². The fourth-order valence-electron chi connectivity index (χ4n) is 2.91. The predicted octanol–water partition coefficient (Wildman–Crippen LogP) is 2.04. The minimum atomic E-state index is 0.382. The van der Waals surface area contributed by atoms with Crippen molar-refractivity contribution in [3.63, 3.8) is 0 Å². The second kappa shape index (κ2) is 5.51. The van der Waals surface area contributed by atoms with Crippen LogP contribution in [0.15, 0.2) is 17.1 Å². The maximum absolute atomic E-state index is 5.85. The van der Waals surface area contributed by atoms with Crippen molar-refractivity contribution in [3.05, 3.63) is 21.9 Å². The Morgan fingerprint density at radius 3 is 2.95 bits per heavy atom. The number of rotatable bonds is 3. The molecular weight excluding hydrogens is 258 g/mol. The molecule has 0 radical (unpaired) electrons. The summed E-state index contributed by atoms with van der Waals surface area (Å²) in [6, 6.07) is 4.75. The van der Waals surface area contributed by atoms with E-state index in [1.807, 2.05) is 18.4 Å². The topological polar surface area (TPSA) is 45.7 Å². The average Bonchev–Trinajstić information content (AvgIpc) is 3.11. The van der Waals surface area contributed by atoms with Crippen molar-refractivity contribution in [1.29, 1.82) is 0 Å². The van der Waals surface area contributed by atoms with E-state index in [4.69, 9.17) is 4.74 Å². The number of fused-ring (bicyclic) bond motifs is 2. The Balaban J connectivity index is 1.51. The fourth-order valence-corrected chi connectivity index (χ4v) is 3.74. The van der Waals surface area contributed by atoms with Crippen molar-refractivity contribution < 1.29 is 4.74 Å². The number of thiophene rings is 1.